The van der Waals surface area contributed by atoms with E-state index in [9.17, 15) is 0 Å². The molecule has 0 saturated heterocycles. The Hall–Kier alpha value is -3.16. The number of hydrogen-bond acceptors (Lipinski definition) is 4. The van der Waals surface area contributed by atoms with E-state index in [0.717, 1.165) is 17.2 Å². The van der Waals surface area contributed by atoms with Crippen LogP contribution in [0.2, 0.25) is 0 Å². The average Bonchev–Trinajstić information content (AvgIpc) is 3.58. The molecule has 4 aromatic rings. The SMILES string of the molecule is CC(C)c1ccn(C)n1.CC(C)c1nccn1C.Cc1cn(C(C)C)cn1.Cc1cncn1C(C)C. The topological polar surface area (TPSA) is 71.3 Å². The number of rotatable bonds is 4. The van der Waals surface area contributed by atoms with Crippen molar-refractivity contribution in [3.8, 4) is 0 Å². The van der Waals surface area contributed by atoms with Gasteiger partial charge in [0.25, 0.3) is 0 Å². The third-order valence-corrected chi connectivity index (χ3v) is 5.44. The Bertz CT molecular complexity index is 1020. The number of nitrogens with zero attached hydrogens (tertiary/aromatic N) is 8. The maximum absolute atomic E-state index is 4.23. The van der Waals surface area contributed by atoms with Crippen LogP contribution in [0.15, 0.2) is 49.7 Å². The molecule has 0 fully saturated rings. The van der Waals surface area contributed by atoms with Gasteiger partial charge >= 0.3 is 0 Å². The Morgan fingerprint density at radius 3 is 1.67 bits per heavy atom. The van der Waals surface area contributed by atoms with Crippen LogP contribution in [-0.2, 0) is 14.1 Å². The van der Waals surface area contributed by atoms with Crippen LogP contribution in [0.4, 0.5) is 0 Å². The molecule has 0 aliphatic heterocycles. The number of imidazole rings is 3. The van der Waals surface area contributed by atoms with E-state index in [2.05, 4.69) is 91.5 Å². The summed E-state index contributed by atoms with van der Waals surface area (Å²) in [7, 11) is 3.95. The quantitative estimate of drug-likeness (QED) is 0.318. The Morgan fingerprint density at radius 2 is 1.44 bits per heavy atom. The standard InChI is InChI=1S/4C7H12N2/c1-6(2)9-4-7(3)8-5-9;1-6(2)9-5-8-4-7(9)3;1-6(2)7-8-4-5-9(7)3;1-6(2)7-4-5-9(3)8-7/h4*4-6H,1-3H3. The number of aryl methyl sites for hydroxylation is 4. The maximum Gasteiger partial charge on any atom is 0.110 e. The van der Waals surface area contributed by atoms with E-state index in [4.69, 9.17) is 0 Å². The summed E-state index contributed by atoms with van der Waals surface area (Å²) in [5.74, 6) is 2.23. The molecule has 4 heterocycles. The molecule has 0 aromatic carbocycles. The van der Waals surface area contributed by atoms with E-state index < -0.39 is 0 Å². The zero-order valence-electron chi connectivity index (χ0n) is 24.5. The van der Waals surface area contributed by atoms with Gasteiger partial charge in [-0.3, -0.25) is 4.68 Å². The smallest absolute Gasteiger partial charge is 0.110 e. The van der Waals surface area contributed by atoms with E-state index >= 15 is 0 Å². The Balaban J connectivity index is 0.000000240. The highest BCUT2D eigenvalue weighted by atomic mass is 15.2. The molecule has 0 spiro atoms. The second kappa shape index (κ2) is 15.1. The third kappa shape index (κ3) is 10.6. The van der Waals surface area contributed by atoms with Gasteiger partial charge in [-0.1, -0.05) is 27.7 Å². The largest absolute Gasteiger partial charge is 0.338 e. The maximum atomic E-state index is 4.23. The summed E-state index contributed by atoms with van der Waals surface area (Å²) in [6.07, 6.45) is 13.4. The lowest BCUT2D eigenvalue weighted by molar-refractivity contribution is 0.585. The summed E-state index contributed by atoms with van der Waals surface area (Å²) >= 11 is 0. The molecule has 0 N–H and O–H groups in total. The van der Waals surface area contributed by atoms with Crippen LogP contribution in [-0.4, -0.2) is 38.4 Å². The molecule has 0 aliphatic rings. The van der Waals surface area contributed by atoms with Crippen LogP contribution < -0.4 is 0 Å². The van der Waals surface area contributed by atoms with Crippen LogP contribution in [0, 0.1) is 13.8 Å². The second-order valence-electron chi connectivity index (χ2n) is 10.2. The third-order valence-electron chi connectivity index (χ3n) is 5.44. The first-order chi connectivity index (χ1) is 16.8. The van der Waals surface area contributed by atoms with Gasteiger partial charge in [-0.25, -0.2) is 15.0 Å². The molecule has 0 bridgehead atoms. The fourth-order valence-corrected chi connectivity index (χ4v) is 3.31. The molecule has 0 unspecified atom stereocenters. The van der Waals surface area contributed by atoms with Gasteiger partial charge in [0.1, 0.15) is 5.82 Å². The van der Waals surface area contributed by atoms with Crippen LogP contribution >= 0.6 is 0 Å². The molecule has 0 atom stereocenters. The predicted octanol–water partition coefficient (Wildman–Crippen LogP) is 6.63. The van der Waals surface area contributed by atoms with E-state index in [-0.39, 0.29) is 0 Å². The summed E-state index contributed by atoms with van der Waals surface area (Å²) in [4.78, 5) is 12.3. The van der Waals surface area contributed by atoms with E-state index in [1.54, 1.807) is 0 Å². The lowest BCUT2D eigenvalue weighted by Crippen LogP contribution is -1.99. The molecule has 0 saturated carbocycles. The zero-order chi connectivity index (χ0) is 27.4. The minimum atomic E-state index is 0.532. The summed E-state index contributed by atoms with van der Waals surface area (Å²) in [6.45, 7) is 21.2. The minimum absolute atomic E-state index is 0.532. The highest BCUT2D eigenvalue weighted by Gasteiger charge is 2.02. The summed E-state index contributed by atoms with van der Waals surface area (Å²) in [5.41, 5.74) is 3.48. The zero-order valence-corrected chi connectivity index (χ0v) is 24.5. The van der Waals surface area contributed by atoms with Crippen LogP contribution in [0.3, 0.4) is 0 Å². The highest BCUT2D eigenvalue weighted by molar-refractivity contribution is 5.03. The van der Waals surface area contributed by atoms with E-state index in [0.29, 0.717) is 23.9 Å². The molecular formula is C28H48N8. The molecule has 4 aromatic heterocycles. The first-order valence-corrected chi connectivity index (χ1v) is 12.8. The molecular weight excluding hydrogens is 448 g/mol. The summed E-state index contributed by atoms with van der Waals surface area (Å²) in [6, 6.07) is 3.11. The Morgan fingerprint density at radius 1 is 0.778 bits per heavy atom. The fraction of sp³-hybridized carbons (Fsp3) is 0.571. The number of aromatic nitrogens is 8. The van der Waals surface area contributed by atoms with Gasteiger partial charge in [0.05, 0.1) is 24.0 Å². The van der Waals surface area contributed by atoms with Crippen molar-refractivity contribution in [2.45, 2.75) is 93.2 Å². The van der Waals surface area contributed by atoms with Crippen LogP contribution in [0.5, 0.6) is 0 Å². The lowest BCUT2D eigenvalue weighted by atomic mass is 10.1. The van der Waals surface area contributed by atoms with Gasteiger partial charge in [0.2, 0.25) is 0 Å². The van der Waals surface area contributed by atoms with Crippen molar-refractivity contribution in [3.05, 3.63) is 72.6 Å². The van der Waals surface area contributed by atoms with Crippen LogP contribution in [0.25, 0.3) is 0 Å². The van der Waals surface area contributed by atoms with Gasteiger partial charge in [0, 0.05) is 68.8 Å². The summed E-state index contributed by atoms with van der Waals surface area (Å²) < 4.78 is 8.11. The van der Waals surface area contributed by atoms with Crippen molar-refractivity contribution >= 4 is 0 Å². The Kier molecular flexibility index (Phi) is 12.9. The minimum Gasteiger partial charge on any atom is -0.338 e. The van der Waals surface area contributed by atoms with Gasteiger partial charge in [-0.2, -0.15) is 5.10 Å². The van der Waals surface area contributed by atoms with Gasteiger partial charge in [-0.05, 0) is 53.5 Å². The summed E-state index contributed by atoms with van der Waals surface area (Å²) in [5, 5.41) is 4.23. The monoisotopic (exact) mass is 496 g/mol. The van der Waals surface area contributed by atoms with Crippen LogP contribution in [0.1, 0.15) is 102 Å². The van der Waals surface area contributed by atoms with E-state index in [1.807, 2.05) is 80.0 Å². The van der Waals surface area contributed by atoms with Crippen molar-refractivity contribution < 1.29 is 0 Å². The molecule has 8 nitrogen and oxygen atoms in total. The van der Waals surface area contributed by atoms with Crippen molar-refractivity contribution in [2.75, 3.05) is 0 Å². The molecule has 0 amide bonds. The molecule has 200 valence electrons. The lowest BCUT2D eigenvalue weighted by Gasteiger charge is -2.07. The first kappa shape index (κ1) is 30.9. The Labute approximate surface area is 218 Å². The van der Waals surface area contributed by atoms with Crippen molar-refractivity contribution in [1.82, 2.24) is 38.4 Å². The molecule has 4 rings (SSSR count). The van der Waals surface area contributed by atoms with Gasteiger partial charge < -0.3 is 13.7 Å². The predicted molar refractivity (Wildman–Crippen MR) is 149 cm³/mol. The molecule has 8 heteroatoms. The molecule has 0 aliphatic carbocycles. The second-order valence-corrected chi connectivity index (χ2v) is 10.2. The highest BCUT2D eigenvalue weighted by Crippen LogP contribution is 2.10. The van der Waals surface area contributed by atoms with Crippen molar-refractivity contribution in [2.24, 2.45) is 14.1 Å². The molecule has 36 heavy (non-hydrogen) atoms. The van der Waals surface area contributed by atoms with Gasteiger partial charge in [0.15, 0.2) is 0 Å². The fourth-order valence-electron chi connectivity index (χ4n) is 3.31. The molecule has 0 radical (unpaired) electrons. The van der Waals surface area contributed by atoms with E-state index in [1.165, 1.54) is 5.69 Å². The average molecular weight is 497 g/mol. The van der Waals surface area contributed by atoms with Crippen molar-refractivity contribution in [3.63, 3.8) is 0 Å². The van der Waals surface area contributed by atoms with Gasteiger partial charge in [-0.15, -0.1) is 0 Å². The van der Waals surface area contributed by atoms with Crippen molar-refractivity contribution in [1.29, 1.82) is 0 Å². The number of hydrogen-bond donors (Lipinski definition) is 0. The first-order valence-electron chi connectivity index (χ1n) is 12.8. The normalized spacial score (nSPS) is 10.7.